The highest BCUT2D eigenvalue weighted by Gasteiger charge is 2.00. The van der Waals surface area contributed by atoms with E-state index in [9.17, 15) is 0 Å². The fourth-order valence-electron chi connectivity index (χ4n) is 0. The van der Waals surface area contributed by atoms with Crippen LogP contribution < -0.4 is 0 Å². The van der Waals surface area contributed by atoms with Crippen molar-refractivity contribution in [3.8, 4) is 0 Å². The summed E-state index contributed by atoms with van der Waals surface area (Å²) >= 11 is 0. The Morgan fingerprint density at radius 3 is 0.667 bits per heavy atom. The van der Waals surface area contributed by atoms with Crippen LogP contribution in [0, 0.1) is 0 Å². The average Bonchev–Trinajstić information content (AvgIpc) is 1.59. The van der Waals surface area contributed by atoms with E-state index < -0.39 is 15.6 Å². The maximum absolute atomic E-state index is 8.88. The molecule has 0 heterocycles. The largest absolute Gasteiger partial charge is 0.466 e. The second-order valence-corrected chi connectivity index (χ2v) is 3.08. The molecule has 9 nitrogen and oxygen atoms in total. The Morgan fingerprint density at radius 1 is 0.667 bits per heavy atom. The Labute approximate surface area is 67.4 Å². The molecule has 0 aliphatic carbocycles. The maximum atomic E-state index is 8.88. The van der Waals surface area contributed by atoms with Gasteiger partial charge in [-0.25, -0.2) is 9.13 Å². The lowest BCUT2D eigenvalue weighted by Crippen LogP contribution is -1.66. The second kappa shape index (κ2) is 7.81. The summed E-state index contributed by atoms with van der Waals surface area (Å²) in [6.07, 6.45) is 0. The molecule has 0 aliphatic rings. The van der Waals surface area contributed by atoms with Crippen molar-refractivity contribution in [3.05, 3.63) is 0 Å². The van der Waals surface area contributed by atoms with Crippen molar-refractivity contribution in [2.45, 2.75) is 0 Å². The average molecular weight is 228 g/mol. The fraction of sp³-hybridized carbons (Fsp3) is 1.00. The first-order chi connectivity index (χ1) is 5.00. The van der Waals surface area contributed by atoms with Crippen LogP contribution in [0.15, 0.2) is 0 Å². The molecule has 0 rings (SSSR count). The van der Waals surface area contributed by atoms with E-state index in [2.05, 4.69) is 0 Å². The number of aliphatic hydroxyl groups excluding tert-OH is 1. The van der Waals surface area contributed by atoms with E-state index in [0.29, 0.717) is 0 Å². The number of rotatable bonds is 0. The monoisotopic (exact) mass is 228 g/mol. The van der Waals surface area contributed by atoms with Crippen LogP contribution in [0.2, 0.25) is 0 Å². The van der Waals surface area contributed by atoms with Crippen molar-refractivity contribution in [2.75, 3.05) is 7.11 Å². The molecule has 0 bridgehead atoms. The molecular formula is CH10O9P2. The summed E-state index contributed by atoms with van der Waals surface area (Å²) in [5.41, 5.74) is 0. The third-order valence-corrected chi connectivity index (χ3v) is 0. The van der Waals surface area contributed by atoms with Crippen molar-refractivity contribution in [2.24, 2.45) is 0 Å². The molecule has 12 heavy (non-hydrogen) atoms. The van der Waals surface area contributed by atoms with E-state index in [1.54, 1.807) is 0 Å². The van der Waals surface area contributed by atoms with Gasteiger partial charge in [-0.3, -0.25) is 0 Å². The van der Waals surface area contributed by atoms with E-state index >= 15 is 0 Å². The van der Waals surface area contributed by atoms with Crippen LogP contribution in [0.25, 0.3) is 0 Å². The fourth-order valence-corrected chi connectivity index (χ4v) is 0. The zero-order valence-corrected chi connectivity index (χ0v) is 7.63. The Kier molecular flexibility index (Phi) is 11.8. The predicted molar refractivity (Wildman–Crippen MR) is 36.7 cm³/mol. The van der Waals surface area contributed by atoms with Gasteiger partial charge in [-0.1, -0.05) is 0 Å². The van der Waals surface area contributed by atoms with Gasteiger partial charge in [-0.15, -0.1) is 0 Å². The second-order valence-electron chi connectivity index (χ2n) is 1.03. The zero-order chi connectivity index (χ0) is 11.0. The number of phosphoric acid groups is 2. The Balaban J connectivity index is -0.000000112. The lowest BCUT2D eigenvalue weighted by atomic mass is 11.8. The molecule has 78 valence electrons. The van der Waals surface area contributed by atoms with Gasteiger partial charge in [0.25, 0.3) is 0 Å². The SMILES string of the molecule is CO.O=P(O)(O)O.O=P(O)(O)O. The zero-order valence-electron chi connectivity index (χ0n) is 5.84. The molecule has 0 aromatic carbocycles. The summed E-state index contributed by atoms with van der Waals surface area (Å²) in [5, 5.41) is 7.00. The van der Waals surface area contributed by atoms with Crippen LogP contribution in [-0.2, 0) is 9.13 Å². The molecule has 0 fully saturated rings. The molecule has 11 heteroatoms. The van der Waals surface area contributed by atoms with Crippen molar-refractivity contribution >= 4 is 15.6 Å². The standard InChI is InChI=1S/CH4O.2H3O4P/c1-2;2*1-5(2,3)4/h2H,1H3;2*(H3,1,2,3,4). The van der Waals surface area contributed by atoms with E-state index in [4.69, 9.17) is 43.6 Å². The Morgan fingerprint density at radius 2 is 0.667 bits per heavy atom. The Hall–Kier alpha value is 0.180. The van der Waals surface area contributed by atoms with Crippen molar-refractivity contribution < 1.29 is 43.6 Å². The molecule has 0 radical (unpaired) electrons. The van der Waals surface area contributed by atoms with Crippen molar-refractivity contribution in [1.82, 2.24) is 0 Å². The summed E-state index contributed by atoms with van der Waals surface area (Å²) in [4.78, 5) is 43.1. The third kappa shape index (κ3) is 26500. The van der Waals surface area contributed by atoms with Gasteiger partial charge in [0.1, 0.15) is 0 Å². The normalized spacial score (nSPS) is 10.3. The van der Waals surface area contributed by atoms with Crippen LogP contribution >= 0.6 is 15.6 Å². The third-order valence-electron chi connectivity index (χ3n) is 0. The van der Waals surface area contributed by atoms with Crippen LogP contribution in [-0.4, -0.2) is 41.6 Å². The van der Waals surface area contributed by atoms with Crippen molar-refractivity contribution in [3.63, 3.8) is 0 Å². The van der Waals surface area contributed by atoms with Crippen LogP contribution in [0.3, 0.4) is 0 Å². The van der Waals surface area contributed by atoms with Crippen LogP contribution in [0.4, 0.5) is 0 Å². The summed E-state index contributed by atoms with van der Waals surface area (Å²) in [6, 6.07) is 0. The molecule has 0 spiro atoms. The summed E-state index contributed by atoms with van der Waals surface area (Å²) in [7, 11) is -8.28. The van der Waals surface area contributed by atoms with E-state index in [1.807, 2.05) is 0 Å². The van der Waals surface area contributed by atoms with Crippen LogP contribution in [0.1, 0.15) is 0 Å². The van der Waals surface area contributed by atoms with E-state index in [1.165, 1.54) is 0 Å². The number of hydrogen-bond donors (Lipinski definition) is 7. The highest BCUT2D eigenvalue weighted by molar-refractivity contribution is 7.45. The molecule has 0 saturated heterocycles. The van der Waals surface area contributed by atoms with Gasteiger partial charge in [-0.2, -0.15) is 0 Å². The van der Waals surface area contributed by atoms with Crippen LogP contribution in [0.5, 0.6) is 0 Å². The summed E-state index contributed by atoms with van der Waals surface area (Å²) in [5.74, 6) is 0. The van der Waals surface area contributed by atoms with Gasteiger partial charge in [0.05, 0.1) is 0 Å². The van der Waals surface area contributed by atoms with Gasteiger partial charge < -0.3 is 34.5 Å². The number of aliphatic hydroxyl groups is 1. The van der Waals surface area contributed by atoms with Crippen molar-refractivity contribution in [1.29, 1.82) is 0 Å². The first-order valence-corrected chi connectivity index (χ1v) is 5.14. The molecule has 0 atom stereocenters. The summed E-state index contributed by atoms with van der Waals surface area (Å²) < 4.78 is 17.8. The molecule has 0 aromatic rings. The van der Waals surface area contributed by atoms with Gasteiger partial charge in [-0.05, 0) is 0 Å². The maximum Gasteiger partial charge on any atom is 0.466 e. The molecule has 0 saturated carbocycles. The van der Waals surface area contributed by atoms with Gasteiger partial charge in [0.15, 0.2) is 0 Å². The number of hydrogen-bond acceptors (Lipinski definition) is 3. The molecule has 0 aliphatic heterocycles. The summed E-state index contributed by atoms with van der Waals surface area (Å²) in [6.45, 7) is 0. The first-order valence-electron chi connectivity index (χ1n) is 2.01. The van der Waals surface area contributed by atoms with Gasteiger partial charge >= 0.3 is 15.6 Å². The minimum Gasteiger partial charge on any atom is -0.400 e. The quantitative estimate of drug-likeness (QED) is 0.226. The molecule has 7 N–H and O–H groups in total. The first kappa shape index (κ1) is 18.1. The highest BCUT2D eigenvalue weighted by atomic mass is 31.2. The minimum atomic E-state index is -4.64. The molecular weight excluding hydrogens is 218 g/mol. The predicted octanol–water partition coefficient (Wildman–Crippen LogP) is -2.25. The minimum absolute atomic E-state index is 1.00. The molecule has 0 amide bonds. The van der Waals surface area contributed by atoms with E-state index in [0.717, 1.165) is 7.11 Å². The lowest BCUT2D eigenvalue weighted by molar-refractivity contribution is 0.272. The van der Waals surface area contributed by atoms with Gasteiger partial charge in [0, 0.05) is 7.11 Å². The lowest BCUT2D eigenvalue weighted by Gasteiger charge is -1.82. The molecule has 0 aromatic heterocycles. The topological polar surface area (TPSA) is 176 Å². The van der Waals surface area contributed by atoms with Gasteiger partial charge in [0.2, 0.25) is 0 Å². The highest BCUT2D eigenvalue weighted by Crippen LogP contribution is 2.26. The molecule has 0 unspecified atom stereocenters. The smallest absolute Gasteiger partial charge is 0.400 e. The Bertz CT molecular complexity index is 125. The van der Waals surface area contributed by atoms with E-state index in [-0.39, 0.29) is 0 Å².